The van der Waals surface area contributed by atoms with Crippen LogP contribution in [0.1, 0.15) is 41.3 Å². The molecule has 1 N–H and O–H groups in total. The number of nitrogens with one attached hydrogen (secondary N) is 1. The number of anilines is 1. The van der Waals surface area contributed by atoms with Gasteiger partial charge >= 0.3 is 0 Å². The van der Waals surface area contributed by atoms with Crippen molar-refractivity contribution < 1.29 is 4.79 Å². The zero-order valence-electron chi connectivity index (χ0n) is 17.1. The molecular weight excluding hydrogens is 370 g/mol. The molecule has 0 aromatic heterocycles. The topological polar surface area (TPSA) is 44.7 Å². The predicted octanol–water partition coefficient (Wildman–Crippen LogP) is 5.40. The SMILES string of the molecule is CC1CCN(C(=O)c2cccc3c2-c2ccccc2C3=NNc2ccccc2)CC1. The number of para-hydroxylation sites is 1. The molecule has 1 fully saturated rings. The summed E-state index contributed by atoms with van der Waals surface area (Å²) < 4.78 is 0. The molecule has 0 atom stereocenters. The van der Waals surface area contributed by atoms with Crippen molar-refractivity contribution in [2.75, 3.05) is 18.5 Å². The summed E-state index contributed by atoms with van der Waals surface area (Å²) >= 11 is 0. The Morgan fingerprint density at radius 1 is 0.867 bits per heavy atom. The molecule has 4 nitrogen and oxygen atoms in total. The number of hydrazone groups is 1. The minimum atomic E-state index is 0.130. The molecule has 3 aromatic carbocycles. The van der Waals surface area contributed by atoms with Crippen molar-refractivity contribution in [1.82, 2.24) is 4.90 Å². The van der Waals surface area contributed by atoms with Crippen molar-refractivity contribution in [3.8, 4) is 11.1 Å². The summed E-state index contributed by atoms with van der Waals surface area (Å²) in [7, 11) is 0. The first-order valence-electron chi connectivity index (χ1n) is 10.6. The second-order valence-electron chi connectivity index (χ2n) is 8.19. The van der Waals surface area contributed by atoms with E-state index < -0.39 is 0 Å². The number of carbonyl (C=O) groups is 1. The molecule has 3 aromatic rings. The van der Waals surface area contributed by atoms with Crippen LogP contribution in [0, 0.1) is 5.92 Å². The third-order valence-corrected chi connectivity index (χ3v) is 6.14. The maximum atomic E-state index is 13.4. The highest BCUT2D eigenvalue weighted by Gasteiger charge is 2.31. The maximum absolute atomic E-state index is 13.4. The maximum Gasteiger partial charge on any atom is 0.254 e. The quantitative estimate of drug-likeness (QED) is 0.472. The van der Waals surface area contributed by atoms with Crippen LogP contribution in [0.2, 0.25) is 0 Å². The average molecular weight is 396 g/mol. The van der Waals surface area contributed by atoms with E-state index in [9.17, 15) is 4.79 Å². The number of likely N-dealkylation sites (tertiary alicyclic amines) is 1. The molecule has 2 aliphatic rings. The summed E-state index contributed by atoms with van der Waals surface area (Å²) in [5.74, 6) is 0.824. The monoisotopic (exact) mass is 395 g/mol. The summed E-state index contributed by atoms with van der Waals surface area (Å²) in [5, 5.41) is 4.74. The smallest absolute Gasteiger partial charge is 0.254 e. The molecule has 1 aliphatic carbocycles. The Labute approximate surface area is 177 Å². The van der Waals surface area contributed by atoms with E-state index in [1.807, 2.05) is 59.5 Å². The van der Waals surface area contributed by atoms with E-state index in [2.05, 4.69) is 30.5 Å². The minimum absolute atomic E-state index is 0.130. The highest BCUT2D eigenvalue weighted by Crippen LogP contribution is 2.40. The van der Waals surface area contributed by atoms with Gasteiger partial charge in [-0.25, -0.2) is 0 Å². The molecule has 1 amide bonds. The van der Waals surface area contributed by atoms with Gasteiger partial charge in [-0.15, -0.1) is 0 Å². The first kappa shape index (κ1) is 18.6. The molecule has 0 unspecified atom stereocenters. The molecule has 5 rings (SSSR count). The molecule has 0 bridgehead atoms. The van der Waals surface area contributed by atoms with Crippen LogP contribution in [-0.2, 0) is 0 Å². The molecule has 30 heavy (non-hydrogen) atoms. The van der Waals surface area contributed by atoms with E-state index in [-0.39, 0.29) is 5.91 Å². The van der Waals surface area contributed by atoms with E-state index in [4.69, 9.17) is 5.10 Å². The largest absolute Gasteiger partial charge is 0.339 e. The molecule has 1 saturated heterocycles. The molecule has 1 heterocycles. The lowest BCUT2D eigenvalue weighted by atomic mass is 9.95. The third kappa shape index (κ3) is 3.28. The fourth-order valence-corrected chi connectivity index (χ4v) is 4.41. The van der Waals surface area contributed by atoms with Gasteiger partial charge in [0, 0.05) is 35.3 Å². The second-order valence-corrected chi connectivity index (χ2v) is 8.19. The van der Waals surface area contributed by atoms with Crippen LogP contribution in [0.5, 0.6) is 0 Å². The number of carbonyl (C=O) groups excluding carboxylic acids is 1. The number of amides is 1. The molecular formula is C26H25N3O. The summed E-state index contributed by atoms with van der Waals surface area (Å²) in [6.45, 7) is 3.93. The number of fused-ring (bicyclic) bond motifs is 3. The third-order valence-electron chi connectivity index (χ3n) is 6.14. The predicted molar refractivity (Wildman–Crippen MR) is 122 cm³/mol. The van der Waals surface area contributed by atoms with Crippen LogP contribution in [0.25, 0.3) is 11.1 Å². The normalized spacial score (nSPS) is 17.0. The van der Waals surface area contributed by atoms with E-state index in [0.29, 0.717) is 5.92 Å². The minimum Gasteiger partial charge on any atom is -0.339 e. The van der Waals surface area contributed by atoms with Crippen molar-refractivity contribution >= 4 is 17.3 Å². The second kappa shape index (κ2) is 7.79. The van der Waals surface area contributed by atoms with Gasteiger partial charge in [0.05, 0.1) is 11.4 Å². The Kier molecular flexibility index (Phi) is 4.83. The van der Waals surface area contributed by atoms with Gasteiger partial charge in [0.2, 0.25) is 0 Å². The molecule has 0 spiro atoms. The van der Waals surface area contributed by atoms with E-state index >= 15 is 0 Å². The number of rotatable bonds is 3. The van der Waals surface area contributed by atoms with Crippen LogP contribution < -0.4 is 5.43 Å². The van der Waals surface area contributed by atoms with Crippen molar-refractivity contribution in [3.63, 3.8) is 0 Å². The fourth-order valence-electron chi connectivity index (χ4n) is 4.41. The lowest BCUT2D eigenvalue weighted by molar-refractivity contribution is 0.0698. The van der Waals surface area contributed by atoms with Gasteiger partial charge in [-0.05, 0) is 42.5 Å². The zero-order valence-corrected chi connectivity index (χ0v) is 17.1. The molecule has 1 aliphatic heterocycles. The first-order valence-corrected chi connectivity index (χ1v) is 10.6. The van der Waals surface area contributed by atoms with Crippen LogP contribution >= 0.6 is 0 Å². The summed E-state index contributed by atoms with van der Waals surface area (Å²) in [4.78, 5) is 15.4. The average Bonchev–Trinajstić information content (AvgIpc) is 3.12. The number of nitrogens with zero attached hydrogens (tertiary/aromatic N) is 2. The lowest BCUT2D eigenvalue weighted by Gasteiger charge is -2.30. The van der Waals surface area contributed by atoms with Crippen LogP contribution in [0.4, 0.5) is 5.69 Å². The highest BCUT2D eigenvalue weighted by molar-refractivity contribution is 6.27. The number of benzene rings is 3. The van der Waals surface area contributed by atoms with E-state index in [0.717, 1.165) is 65.1 Å². The Morgan fingerprint density at radius 2 is 1.53 bits per heavy atom. The van der Waals surface area contributed by atoms with Crippen molar-refractivity contribution in [1.29, 1.82) is 0 Å². The van der Waals surface area contributed by atoms with Gasteiger partial charge in [-0.1, -0.05) is 61.5 Å². The Hall–Kier alpha value is -3.40. The molecule has 0 radical (unpaired) electrons. The van der Waals surface area contributed by atoms with Crippen molar-refractivity contribution in [3.05, 3.63) is 89.5 Å². The van der Waals surface area contributed by atoms with E-state index in [1.54, 1.807) is 0 Å². The highest BCUT2D eigenvalue weighted by atomic mass is 16.2. The van der Waals surface area contributed by atoms with E-state index in [1.165, 1.54) is 0 Å². The number of hydrogen-bond acceptors (Lipinski definition) is 3. The van der Waals surface area contributed by atoms with Crippen molar-refractivity contribution in [2.45, 2.75) is 19.8 Å². The van der Waals surface area contributed by atoms with Gasteiger partial charge in [0.25, 0.3) is 5.91 Å². The summed E-state index contributed by atoms with van der Waals surface area (Å²) in [5.41, 5.74) is 9.92. The van der Waals surface area contributed by atoms with Crippen LogP contribution in [0.3, 0.4) is 0 Å². The summed E-state index contributed by atoms with van der Waals surface area (Å²) in [6.07, 6.45) is 2.15. The van der Waals surface area contributed by atoms with Crippen LogP contribution in [0.15, 0.2) is 77.9 Å². The number of hydrogen-bond donors (Lipinski definition) is 1. The molecule has 0 saturated carbocycles. The van der Waals surface area contributed by atoms with Gasteiger partial charge in [0.1, 0.15) is 0 Å². The molecule has 150 valence electrons. The number of piperidine rings is 1. The van der Waals surface area contributed by atoms with Gasteiger partial charge in [-0.3, -0.25) is 10.2 Å². The Morgan fingerprint density at radius 3 is 2.30 bits per heavy atom. The summed E-state index contributed by atoms with van der Waals surface area (Å²) in [6, 6.07) is 24.2. The zero-order chi connectivity index (χ0) is 20.5. The molecule has 4 heteroatoms. The van der Waals surface area contributed by atoms with Crippen LogP contribution in [-0.4, -0.2) is 29.6 Å². The Bertz CT molecular complexity index is 1110. The standard InChI is InChI=1S/C26H25N3O/c1-18-14-16-29(17-15-18)26(30)23-13-7-12-22-24(23)20-10-5-6-11-21(20)25(22)28-27-19-8-3-2-4-9-19/h2-13,18,27H,14-17H2,1H3. The first-order chi connectivity index (χ1) is 14.7. The fraction of sp³-hybridized carbons (Fsp3) is 0.231. The lowest BCUT2D eigenvalue weighted by Crippen LogP contribution is -2.38. The van der Waals surface area contributed by atoms with Gasteiger partial charge < -0.3 is 4.90 Å². The Balaban J connectivity index is 1.56. The van der Waals surface area contributed by atoms with Gasteiger partial charge in [-0.2, -0.15) is 5.10 Å². The van der Waals surface area contributed by atoms with Gasteiger partial charge in [0.15, 0.2) is 0 Å². The van der Waals surface area contributed by atoms with Crippen molar-refractivity contribution in [2.24, 2.45) is 11.0 Å².